The van der Waals surface area contributed by atoms with Crippen LogP contribution in [0.25, 0.3) is 0 Å². The Morgan fingerprint density at radius 1 is 1.10 bits per heavy atom. The van der Waals surface area contributed by atoms with Crippen LogP contribution in [0.4, 0.5) is 0 Å². The van der Waals surface area contributed by atoms with E-state index in [1.807, 2.05) is 32.0 Å². The summed E-state index contributed by atoms with van der Waals surface area (Å²) < 4.78 is 16.0. The Labute approximate surface area is 186 Å². The minimum Gasteiger partial charge on any atom is -0.483 e. The molecular weight excluding hydrogens is 432 g/mol. The van der Waals surface area contributed by atoms with Gasteiger partial charge in [-0.1, -0.05) is 80.9 Å². The zero-order valence-electron chi connectivity index (χ0n) is 19.2. The van der Waals surface area contributed by atoms with Crippen molar-refractivity contribution in [2.45, 2.75) is 66.2 Å². The molecule has 0 aliphatic carbocycles. The molecule has 1 aliphatic rings. The molecule has 0 saturated heterocycles. The van der Waals surface area contributed by atoms with Gasteiger partial charge in [-0.3, -0.25) is 0 Å². The molecule has 0 saturated carbocycles. The zero-order valence-corrected chi connectivity index (χ0v) is 20.7. The summed E-state index contributed by atoms with van der Waals surface area (Å²) in [6.07, 6.45) is 2.55. The largest absolute Gasteiger partial charge is 0.483 e. The average molecular weight is 471 g/mol. The zero-order chi connectivity index (χ0) is 22.1. The lowest BCUT2D eigenvalue weighted by molar-refractivity contribution is 0.0368. The second-order valence-corrected chi connectivity index (χ2v) is 7.37. The molecule has 1 aliphatic heterocycles. The number of hydrogen-bond acceptors (Lipinski definition) is 5. The second kappa shape index (κ2) is 17.5. The molecule has 1 aromatic rings. The molecule has 0 radical (unpaired) electrons. The molecular formula is C23H39BrN2O3. The van der Waals surface area contributed by atoms with Crippen LogP contribution in [0.5, 0.6) is 0 Å². The number of hydrogen-bond donors (Lipinski definition) is 0. The van der Waals surface area contributed by atoms with Crippen molar-refractivity contribution in [2.24, 2.45) is 15.9 Å². The number of rotatable bonds is 7. The quantitative estimate of drug-likeness (QED) is 0.465. The molecule has 29 heavy (non-hydrogen) atoms. The fourth-order valence-electron chi connectivity index (χ4n) is 2.54. The van der Waals surface area contributed by atoms with Crippen molar-refractivity contribution in [3.05, 3.63) is 35.9 Å². The first-order valence-corrected chi connectivity index (χ1v) is 11.6. The summed E-state index contributed by atoms with van der Waals surface area (Å²) in [6, 6.07) is 10.3. The molecule has 0 spiro atoms. The van der Waals surface area contributed by atoms with E-state index in [1.165, 1.54) is 5.56 Å². The van der Waals surface area contributed by atoms with E-state index in [4.69, 9.17) is 14.2 Å². The van der Waals surface area contributed by atoms with Crippen LogP contribution in [0.3, 0.4) is 0 Å². The standard InChI is InChI=1S/C12H17BrO.C9H16N2O2.C2H6/c1-2-12(8-9-13)14-10-11-6-4-3-5-7-11;1-6(2)8-9(13-4)10-5-7(11-8)12-3;1-2/h3-7,12H,2,8-10H2,1H3;6,8H,5H2,1-4H3;1-2H3. The van der Waals surface area contributed by atoms with Crippen molar-refractivity contribution < 1.29 is 14.2 Å². The van der Waals surface area contributed by atoms with Gasteiger partial charge in [0, 0.05) is 5.33 Å². The van der Waals surface area contributed by atoms with E-state index in [0.717, 1.165) is 24.8 Å². The third-order valence-electron chi connectivity index (χ3n) is 4.20. The van der Waals surface area contributed by atoms with E-state index in [-0.39, 0.29) is 6.04 Å². The van der Waals surface area contributed by atoms with Crippen molar-refractivity contribution >= 4 is 27.7 Å². The average Bonchev–Trinajstić information content (AvgIpc) is 2.78. The fourth-order valence-corrected chi connectivity index (χ4v) is 3.05. The Balaban J connectivity index is 0.000000499. The van der Waals surface area contributed by atoms with Gasteiger partial charge in [-0.15, -0.1) is 0 Å². The van der Waals surface area contributed by atoms with E-state index in [1.54, 1.807) is 14.2 Å². The Morgan fingerprint density at radius 2 is 1.76 bits per heavy atom. The lowest BCUT2D eigenvalue weighted by Gasteiger charge is -2.22. The second-order valence-electron chi connectivity index (χ2n) is 6.58. The number of halogens is 1. The van der Waals surface area contributed by atoms with Gasteiger partial charge < -0.3 is 14.2 Å². The minimum absolute atomic E-state index is 0.00806. The number of alkyl halides is 1. The Morgan fingerprint density at radius 3 is 2.24 bits per heavy atom. The molecule has 0 bridgehead atoms. The van der Waals surface area contributed by atoms with E-state index < -0.39 is 0 Å². The van der Waals surface area contributed by atoms with Crippen molar-refractivity contribution in [2.75, 3.05) is 26.1 Å². The summed E-state index contributed by atoms with van der Waals surface area (Å²) in [6.45, 7) is 11.6. The van der Waals surface area contributed by atoms with Gasteiger partial charge in [0.2, 0.25) is 11.8 Å². The van der Waals surface area contributed by atoms with E-state index in [0.29, 0.717) is 30.4 Å². The van der Waals surface area contributed by atoms with Crippen LogP contribution in [-0.4, -0.2) is 50.0 Å². The van der Waals surface area contributed by atoms with Crippen LogP contribution >= 0.6 is 15.9 Å². The van der Waals surface area contributed by atoms with Crippen LogP contribution in [0, 0.1) is 5.92 Å². The highest BCUT2D eigenvalue weighted by Gasteiger charge is 2.24. The van der Waals surface area contributed by atoms with E-state index >= 15 is 0 Å². The topological polar surface area (TPSA) is 52.4 Å². The van der Waals surface area contributed by atoms with Crippen molar-refractivity contribution in [1.82, 2.24) is 0 Å². The van der Waals surface area contributed by atoms with Gasteiger partial charge in [-0.2, -0.15) is 0 Å². The molecule has 0 N–H and O–H groups in total. The van der Waals surface area contributed by atoms with Crippen molar-refractivity contribution in [1.29, 1.82) is 0 Å². The lowest BCUT2D eigenvalue weighted by Crippen LogP contribution is -2.32. The highest BCUT2D eigenvalue weighted by atomic mass is 79.9. The lowest BCUT2D eigenvalue weighted by atomic mass is 10.0. The highest BCUT2D eigenvalue weighted by molar-refractivity contribution is 9.09. The molecule has 166 valence electrons. The van der Waals surface area contributed by atoms with Gasteiger partial charge in [-0.05, 0) is 24.3 Å². The van der Waals surface area contributed by atoms with Gasteiger partial charge in [0.05, 0.1) is 26.9 Å². The van der Waals surface area contributed by atoms with Gasteiger partial charge in [-0.25, -0.2) is 9.98 Å². The Hall–Kier alpha value is -1.40. The molecule has 0 fully saturated rings. The first-order valence-electron chi connectivity index (χ1n) is 10.5. The maximum absolute atomic E-state index is 5.79. The third-order valence-corrected chi connectivity index (χ3v) is 4.66. The van der Waals surface area contributed by atoms with E-state index in [9.17, 15) is 0 Å². The molecule has 2 unspecified atom stereocenters. The number of nitrogens with zero attached hydrogens (tertiary/aromatic N) is 2. The molecule has 0 amide bonds. The third kappa shape index (κ3) is 11.4. The first kappa shape index (κ1) is 27.6. The molecule has 2 rings (SSSR count). The van der Waals surface area contributed by atoms with Crippen LogP contribution in [0.1, 0.15) is 53.0 Å². The van der Waals surface area contributed by atoms with Crippen molar-refractivity contribution in [3.8, 4) is 0 Å². The van der Waals surface area contributed by atoms with Crippen LogP contribution in [0.2, 0.25) is 0 Å². The SMILES string of the molecule is CC.CCC(CCBr)OCc1ccccc1.COC1=NC(C(C)C)C(OC)=NC1. The number of benzene rings is 1. The van der Waals surface area contributed by atoms with Crippen molar-refractivity contribution in [3.63, 3.8) is 0 Å². The number of ether oxygens (including phenoxy) is 3. The summed E-state index contributed by atoms with van der Waals surface area (Å²) in [5, 5.41) is 1.01. The Kier molecular flexibility index (Phi) is 16.6. The van der Waals surface area contributed by atoms with Crippen LogP contribution in [0.15, 0.2) is 40.3 Å². The van der Waals surface area contributed by atoms with Crippen LogP contribution < -0.4 is 0 Å². The number of aliphatic imine (C=N–C) groups is 2. The molecule has 6 heteroatoms. The van der Waals surface area contributed by atoms with Gasteiger partial charge in [0.15, 0.2) is 0 Å². The smallest absolute Gasteiger partial charge is 0.209 e. The van der Waals surface area contributed by atoms with Crippen LogP contribution in [-0.2, 0) is 20.8 Å². The Bertz CT molecular complexity index is 577. The number of methoxy groups -OCH3 is 2. The minimum atomic E-state index is 0.00806. The summed E-state index contributed by atoms with van der Waals surface area (Å²) in [7, 11) is 3.24. The molecule has 0 aromatic heterocycles. The first-order chi connectivity index (χ1) is 14.0. The van der Waals surface area contributed by atoms with Gasteiger partial charge >= 0.3 is 0 Å². The predicted molar refractivity (Wildman–Crippen MR) is 127 cm³/mol. The normalized spacial score (nSPS) is 16.4. The summed E-state index contributed by atoms with van der Waals surface area (Å²) in [5.41, 5.74) is 1.25. The molecule has 1 heterocycles. The molecule has 1 aromatic carbocycles. The monoisotopic (exact) mass is 470 g/mol. The van der Waals surface area contributed by atoms with Gasteiger partial charge in [0.25, 0.3) is 0 Å². The maximum Gasteiger partial charge on any atom is 0.209 e. The predicted octanol–water partition coefficient (Wildman–Crippen LogP) is 5.91. The summed E-state index contributed by atoms with van der Waals surface area (Å²) in [4.78, 5) is 8.63. The summed E-state index contributed by atoms with van der Waals surface area (Å²) >= 11 is 3.44. The van der Waals surface area contributed by atoms with Gasteiger partial charge in [0.1, 0.15) is 12.6 Å². The maximum atomic E-state index is 5.79. The molecule has 2 atom stereocenters. The fraction of sp³-hybridized carbons (Fsp3) is 0.652. The summed E-state index contributed by atoms with van der Waals surface area (Å²) in [5.74, 6) is 1.76. The molecule has 5 nitrogen and oxygen atoms in total. The highest BCUT2D eigenvalue weighted by Crippen LogP contribution is 2.13. The van der Waals surface area contributed by atoms with E-state index in [2.05, 4.69) is 58.8 Å².